The minimum Gasteiger partial charge on any atom is -0.370 e. The number of aliphatic imine (C=N–C) groups is 1. The number of amides is 1. The van der Waals surface area contributed by atoms with E-state index in [1.54, 1.807) is 0 Å². The Balaban J connectivity index is 1.90. The minimum absolute atomic E-state index is 0.255. The maximum absolute atomic E-state index is 11.7. The highest BCUT2D eigenvalue weighted by molar-refractivity contribution is 5.78. The maximum atomic E-state index is 11.7. The Labute approximate surface area is 132 Å². The first-order chi connectivity index (χ1) is 10.5. The van der Waals surface area contributed by atoms with E-state index in [0.717, 1.165) is 30.6 Å². The van der Waals surface area contributed by atoms with Gasteiger partial charge in [-0.05, 0) is 23.5 Å². The van der Waals surface area contributed by atoms with E-state index in [4.69, 9.17) is 5.73 Å². The van der Waals surface area contributed by atoms with Gasteiger partial charge in [-0.3, -0.25) is 4.79 Å². The molecule has 0 aromatic heterocycles. The van der Waals surface area contributed by atoms with Crippen LogP contribution in [0, 0.1) is 5.92 Å². The van der Waals surface area contributed by atoms with E-state index in [9.17, 15) is 4.79 Å². The number of likely N-dealkylation sites (tertiary alicyclic amines) is 1. The van der Waals surface area contributed by atoms with Gasteiger partial charge in [-0.1, -0.05) is 38.1 Å². The van der Waals surface area contributed by atoms with Crippen LogP contribution < -0.4 is 11.1 Å². The maximum Gasteiger partial charge on any atom is 0.222 e. The largest absolute Gasteiger partial charge is 0.370 e. The molecule has 0 radical (unpaired) electrons. The van der Waals surface area contributed by atoms with E-state index >= 15 is 0 Å². The summed E-state index contributed by atoms with van der Waals surface area (Å²) in [6, 6.07) is 8.21. The molecule has 1 aromatic rings. The number of benzene rings is 1. The summed E-state index contributed by atoms with van der Waals surface area (Å²) in [5, 5.41) is 3.11. The standard InChI is InChI=1S/C17H26N4O/c1-13(2)10-19-17(18)20-11-14-5-3-6-15(9-14)12-21-8-4-7-16(21)22/h3,5-6,9,13H,4,7-8,10-12H2,1-2H3,(H3,18,19,20). The number of rotatable bonds is 6. The van der Waals surface area contributed by atoms with Gasteiger partial charge >= 0.3 is 0 Å². The lowest BCUT2D eigenvalue weighted by molar-refractivity contribution is -0.128. The van der Waals surface area contributed by atoms with Crippen molar-refractivity contribution in [2.24, 2.45) is 16.6 Å². The Morgan fingerprint density at radius 1 is 1.41 bits per heavy atom. The summed E-state index contributed by atoms with van der Waals surface area (Å²) in [7, 11) is 0. The molecule has 1 amide bonds. The Kier molecular flexibility index (Phi) is 5.81. The van der Waals surface area contributed by atoms with E-state index in [2.05, 4.69) is 36.3 Å². The normalized spacial score (nSPS) is 15.7. The molecule has 5 heteroatoms. The molecular formula is C17H26N4O. The number of hydrogen-bond acceptors (Lipinski definition) is 2. The molecule has 120 valence electrons. The van der Waals surface area contributed by atoms with E-state index in [1.807, 2.05) is 17.0 Å². The van der Waals surface area contributed by atoms with Crippen molar-refractivity contribution in [1.29, 1.82) is 0 Å². The second-order valence-electron chi connectivity index (χ2n) is 6.22. The molecule has 0 bridgehead atoms. The van der Waals surface area contributed by atoms with Gasteiger partial charge in [-0.25, -0.2) is 4.99 Å². The van der Waals surface area contributed by atoms with Crippen LogP contribution in [0.25, 0.3) is 0 Å². The van der Waals surface area contributed by atoms with Gasteiger partial charge < -0.3 is 16.0 Å². The van der Waals surface area contributed by atoms with E-state index < -0.39 is 0 Å². The Morgan fingerprint density at radius 2 is 2.18 bits per heavy atom. The fourth-order valence-corrected chi connectivity index (χ4v) is 2.46. The molecule has 22 heavy (non-hydrogen) atoms. The van der Waals surface area contributed by atoms with Crippen LogP contribution in [-0.2, 0) is 17.9 Å². The first-order valence-electron chi connectivity index (χ1n) is 7.94. The predicted octanol–water partition coefficient (Wildman–Crippen LogP) is 1.87. The first-order valence-corrected chi connectivity index (χ1v) is 7.94. The summed E-state index contributed by atoms with van der Waals surface area (Å²) < 4.78 is 0. The van der Waals surface area contributed by atoms with Crippen molar-refractivity contribution < 1.29 is 4.79 Å². The molecule has 1 heterocycles. The highest BCUT2D eigenvalue weighted by Gasteiger charge is 2.19. The van der Waals surface area contributed by atoms with Gasteiger partial charge in [0.1, 0.15) is 0 Å². The highest BCUT2D eigenvalue weighted by atomic mass is 16.2. The number of carbonyl (C=O) groups is 1. The van der Waals surface area contributed by atoms with E-state index in [1.165, 1.54) is 0 Å². The lowest BCUT2D eigenvalue weighted by Crippen LogP contribution is -2.34. The first kappa shape index (κ1) is 16.3. The summed E-state index contributed by atoms with van der Waals surface area (Å²) in [5.41, 5.74) is 8.10. The summed E-state index contributed by atoms with van der Waals surface area (Å²) in [6.07, 6.45) is 1.66. The second kappa shape index (κ2) is 7.82. The van der Waals surface area contributed by atoms with Crippen LogP contribution in [-0.4, -0.2) is 29.9 Å². The third kappa shape index (κ3) is 5.06. The van der Waals surface area contributed by atoms with E-state index in [-0.39, 0.29) is 5.91 Å². The van der Waals surface area contributed by atoms with Crippen LogP contribution in [0.5, 0.6) is 0 Å². The van der Waals surface area contributed by atoms with Crippen molar-refractivity contribution in [3.05, 3.63) is 35.4 Å². The number of nitrogens with zero attached hydrogens (tertiary/aromatic N) is 2. The third-order valence-electron chi connectivity index (χ3n) is 3.66. The Morgan fingerprint density at radius 3 is 2.86 bits per heavy atom. The van der Waals surface area contributed by atoms with Gasteiger partial charge in [0.25, 0.3) is 0 Å². The molecule has 1 saturated heterocycles. The molecular weight excluding hydrogens is 276 g/mol. The van der Waals surface area contributed by atoms with Gasteiger partial charge in [0, 0.05) is 26.1 Å². The molecule has 1 aliphatic heterocycles. The van der Waals surface area contributed by atoms with Crippen LogP contribution in [0.15, 0.2) is 29.3 Å². The smallest absolute Gasteiger partial charge is 0.222 e. The second-order valence-corrected chi connectivity index (χ2v) is 6.22. The van der Waals surface area contributed by atoms with Crippen LogP contribution in [0.3, 0.4) is 0 Å². The van der Waals surface area contributed by atoms with E-state index in [0.29, 0.717) is 31.4 Å². The summed E-state index contributed by atoms with van der Waals surface area (Å²) in [6.45, 7) is 7.20. The fourth-order valence-electron chi connectivity index (χ4n) is 2.46. The summed E-state index contributed by atoms with van der Waals surface area (Å²) in [4.78, 5) is 18.0. The molecule has 0 aliphatic carbocycles. The Bertz CT molecular complexity index is 539. The van der Waals surface area contributed by atoms with Crippen molar-refractivity contribution in [1.82, 2.24) is 10.2 Å². The highest BCUT2D eigenvalue weighted by Crippen LogP contribution is 2.15. The summed E-state index contributed by atoms with van der Waals surface area (Å²) in [5.74, 6) is 1.27. The van der Waals surface area contributed by atoms with Crippen molar-refractivity contribution in [3.8, 4) is 0 Å². The van der Waals surface area contributed by atoms with Crippen LogP contribution in [0.4, 0.5) is 0 Å². The monoisotopic (exact) mass is 302 g/mol. The van der Waals surface area contributed by atoms with Gasteiger partial charge in [-0.15, -0.1) is 0 Å². The molecule has 1 aromatic carbocycles. The number of nitrogens with one attached hydrogen (secondary N) is 1. The zero-order chi connectivity index (χ0) is 15.9. The summed E-state index contributed by atoms with van der Waals surface area (Å²) >= 11 is 0. The third-order valence-corrected chi connectivity index (χ3v) is 3.66. The zero-order valence-corrected chi connectivity index (χ0v) is 13.5. The lowest BCUT2D eigenvalue weighted by Gasteiger charge is -2.15. The molecule has 1 fully saturated rings. The fraction of sp³-hybridized carbons (Fsp3) is 0.529. The molecule has 2 rings (SSSR count). The lowest BCUT2D eigenvalue weighted by atomic mass is 10.1. The van der Waals surface area contributed by atoms with Crippen LogP contribution in [0.1, 0.15) is 37.8 Å². The molecule has 0 unspecified atom stereocenters. The molecule has 1 aliphatic rings. The van der Waals surface area contributed by atoms with Crippen LogP contribution in [0.2, 0.25) is 0 Å². The Hall–Kier alpha value is -2.04. The topological polar surface area (TPSA) is 70.7 Å². The molecule has 3 N–H and O–H groups in total. The zero-order valence-electron chi connectivity index (χ0n) is 13.5. The van der Waals surface area contributed by atoms with Crippen LogP contribution >= 0.6 is 0 Å². The predicted molar refractivity (Wildman–Crippen MR) is 89.3 cm³/mol. The average molecular weight is 302 g/mol. The van der Waals surface area contributed by atoms with Crippen molar-refractivity contribution >= 4 is 11.9 Å². The van der Waals surface area contributed by atoms with Crippen molar-refractivity contribution in [2.45, 2.75) is 39.8 Å². The van der Waals surface area contributed by atoms with Gasteiger partial charge in [-0.2, -0.15) is 0 Å². The van der Waals surface area contributed by atoms with Gasteiger partial charge in [0.2, 0.25) is 5.91 Å². The number of nitrogens with two attached hydrogens (primary N) is 1. The van der Waals surface area contributed by atoms with Gasteiger partial charge in [0.15, 0.2) is 5.96 Å². The number of guanidine groups is 1. The SMILES string of the molecule is CC(C)CNC(N)=NCc1cccc(CN2CCCC2=O)c1. The molecule has 0 atom stereocenters. The van der Waals surface area contributed by atoms with Crippen molar-refractivity contribution in [2.75, 3.05) is 13.1 Å². The van der Waals surface area contributed by atoms with Crippen molar-refractivity contribution in [3.63, 3.8) is 0 Å². The molecule has 0 saturated carbocycles. The molecule has 5 nitrogen and oxygen atoms in total. The van der Waals surface area contributed by atoms with Gasteiger partial charge in [0.05, 0.1) is 6.54 Å². The molecule has 0 spiro atoms. The minimum atomic E-state index is 0.255. The number of hydrogen-bond donors (Lipinski definition) is 2. The average Bonchev–Trinajstić information content (AvgIpc) is 2.88. The number of carbonyl (C=O) groups excluding carboxylic acids is 1. The quantitative estimate of drug-likeness (QED) is 0.622.